The van der Waals surface area contributed by atoms with E-state index in [4.69, 9.17) is 0 Å². The van der Waals surface area contributed by atoms with Gasteiger partial charge in [-0.2, -0.15) is 0 Å². The molecule has 0 bridgehead atoms. The Balaban J connectivity index is 1.89. The monoisotopic (exact) mass is 250 g/mol. The summed E-state index contributed by atoms with van der Waals surface area (Å²) in [4.78, 5) is 0. The van der Waals surface area contributed by atoms with Gasteiger partial charge in [-0.3, -0.25) is 0 Å². The van der Waals surface area contributed by atoms with Crippen molar-refractivity contribution in [3.63, 3.8) is 0 Å². The summed E-state index contributed by atoms with van der Waals surface area (Å²) in [6.07, 6.45) is 8.90. The Labute approximate surface area is 116 Å². The Morgan fingerprint density at radius 2 is 0.789 bits per heavy atom. The average molecular weight is 250 g/mol. The molecule has 0 heterocycles. The summed E-state index contributed by atoms with van der Waals surface area (Å²) in [5, 5.41) is 0. The van der Waals surface area contributed by atoms with Crippen LogP contribution < -0.4 is 0 Å². The summed E-state index contributed by atoms with van der Waals surface area (Å²) in [5.41, 5.74) is 6.25. The second-order valence-electron chi connectivity index (χ2n) is 5.60. The van der Waals surface area contributed by atoms with E-state index < -0.39 is 0 Å². The van der Waals surface area contributed by atoms with Gasteiger partial charge in [0.2, 0.25) is 0 Å². The van der Waals surface area contributed by atoms with Crippen LogP contribution in [0.2, 0.25) is 0 Å². The zero-order chi connectivity index (χ0) is 12.9. The molecule has 0 amide bonds. The van der Waals surface area contributed by atoms with Gasteiger partial charge in [0.1, 0.15) is 0 Å². The van der Waals surface area contributed by atoms with Gasteiger partial charge in [0.25, 0.3) is 0 Å². The summed E-state index contributed by atoms with van der Waals surface area (Å²) >= 11 is 0. The molecule has 0 fully saturated rings. The highest BCUT2D eigenvalue weighted by molar-refractivity contribution is 5.32. The van der Waals surface area contributed by atoms with Crippen LogP contribution in [0.3, 0.4) is 0 Å². The van der Waals surface area contributed by atoms with Crippen molar-refractivity contribution in [3.8, 4) is 0 Å². The van der Waals surface area contributed by atoms with E-state index in [0.717, 1.165) is 0 Å². The molecule has 0 aliphatic heterocycles. The zero-order valence-corrected chi connectivity index (χ0v) is 11.6. The minimum absolute atomic E-state index is 1.19. The molecule has 98 valence electrons. The van der Waals surface area contributed by atoms with Gasteiger partial charge in [-0.05, 0) is 60.8 Å². The van der Waals surface area contributed by atoms with Crippen molar-refractivity contribution < 1.29 is 0 Å². The van der Waals surface area contributed by atoms with Crippen molar-refractivity contribution in [2.45, 2.75) is 44.9 Å². The minimum Gasteiger partial charge on any atom is -0.0620 e. The van der Waals surface area contributed by atoms with Gasteiger partial charge in [-0.1, -0.05) is 55.0 Å². The predicted octanol–water partition coefficient (Wildman–Crippen LogP) is 4.74. The largest absolute Gasteiger partial charge is 0.0620 e. The normalized spacial score (nSPS) is 16.0. The smallest absolute Gasteiger partial charge is 0.0235 e. The van der Waals surface area contributed by atoms with Crippen molar-refractivity contribution >= 4 is 0 Å². The maximum absolute atomic E-state index is 2.32. The first-order valence-electron chi connectivity index (χ1n) is 7.57. The fraction of sp³-hybridized carbons (Fsp3) is 0.368. The van der Waals surface area contributed by atoms with Gasteiger partial charge >= 0.3 is 0 Å². The molecule has 2 aromatic carbocycles. The second kappa shape index (κ2) is 6.06. The van der Waals surface area contributed by atoms with E-state index in [0.29, 0.717) is 0 Å². The molecule has 0 nitrogen and oxygen atoms in total. The van der Waals surface area contributed by atoms with E-state index in [1.807, 2.05) is 0 Å². The molecule has 0 radical (unpaired) electrons. The fourth-order valence-electron chi connectivity index (χ4n) is 3.17. The van der Waals surface area contributed by atoms with Crippen LogP contribution in [0.1, 0.15) is 41.5 Å². The quantitative estimate of drug-likeness (QED) is 0.633. The molecule has 2 aromatic rings. The van der Waals surface area contributed by atoms with E-state index in [-0.39, 0.29) is 0 Å². The lowest BCUT2D eigenvalue weighted by Crippen LogP contribution is -1.98. The highest BCUT2D eigenvalue weighted by atomic mass is 14.1. The molecule has 0 saturated heterocycles. The van der Waals surface area contributed by atoms with E-state index in [9.17, 15) is 0 Å². The van der Waals surface area contributed by atoms with Crippen LogP contribution in [-0.4, -0.2) is 0 Å². The summed E-state index contributed by atoms with van der Waals surface area (Å²) < 4.78 is 0. The average Bonchev–Trinajstić information content (AvgIpc) is 2.50. The molecule has 0 N–H and O–H groups in total. The Morgan fingerprint density at radius 1 is 0.421 bits per heavy atom. The molecule has 0 spiro atoms. The first-order valence-corrected chi connectivity index (χ1v) is 7.57. The summed E-state index contributed by atoms with van der Waals surface area (Å²) in [7, 11) is 0. The SMILES string of the molecule is c1ccc2c(c1)CCCCCc1ccccc1CC2. The number of fused-ring (bicyclic) bond motifs is 2. The fourth-order valence-corrected chi connectivity index (χ4v) is 3.17. The predicted molar refractivity (Wildman–Crippen MR) is 81.6 cm³/mol. The van der Waals surface area contributed by atoms with Crippen LogP contribution in [0.25, 0.3) is 0 Å². The molecule has 0 saturated carbocycles. The first-order chi connectivity index (χ1) is 9.43. The van der Waals surface area contributed by atoms with Crippen molar-refractivity contribution in [3.05, 3.63) is 70.8 Å². The number of benzene rings is 2. The van der Waals surface area contributed by atoms with Gasteiger partial charge in [0, 0.05) is 0 Å². The molecule has 1 aliphatic carbocycles. The third-order valence-electron chi connectivity index (χ3n) is 4.29. The minimum atomic E-state index is 1.19. The van der Waals surface area contributed by atoms with Crippen LogP contribution in [0.15, 0.2) is 48.5 Å². The Bertz CT molecular complexity index is 490. The van der Waals surface area contributed by atoms with Crippen LogP contribution in [0.5, 0.6) is 0 Å². The van der Waals surface area contributed by atoms with E-state index >= 15 is 0 Å². The van der Waals surface area contributed by atoms with Crippen molar-refractivity contribution in [1.29, 1.82) is 0 Å². The van der Waals surface area contributed by atoms with Crippen molar-refractivity contribution in [2.75, 3.05) is 0 Å². The lowest BCUT2D eigenvalue weighted by Gasteiger charge is -2.10. The Kier molecular flexibility index (Phi) is 3.98. The third kappa shape index (κ3) is 3.07. The Hall–Kier alpha value is -1.56. The Morgan fingerprint density at radius 3 is 1.21 bits per heavy atom. The zero-order valence-electron chi connectivity index (χ0n) is 11.6. The van der Waals surface area contributed by atoms with Crippen molar-refractivity contribution in [2.24, 2.45) is 0 Å². The van der Waals surface area contributed by atoms with E-state index in [2.05, 4.69) is 48.5 Å². The molecular weight excluding hydrogens is 228 g/mol. The standard InChI is InChI=1S/C19H22/c1-2-8-16-10-4-6-12-18(16)14-15-19-13-7-5-11-17(19)9-3-1/h4-7,10-13H,1-3,8-9,14-15H2. The molecule has 0 aromatic heterocycles. The van der Waals surface area contributed by atoms with Crippen molar-refractivity contribution in [1.82, 2.24) is 0 Å². The maximum Gasteiger partial charge on any atom is -0.0235 e. The molecule has 19 heavy (non-hydrogen) atoms. The molecule has 0 atom stereocenters. The number of hydrogen-bond acceptors (Lipinski definition) is 0. The number of aryl methyl sites for hydroxylation is 4. The van der Waals surface area contributed by atoms with Gasteiger partial charge in [-0.15, -0.1) is 0 Å². The molecule has 1 aliphatic rings. The van der Waals surface area contributed by atoms with Gasteiger partial charge < -0.3 is 0 Å². The van der Waals surface area contributed by atoms with Gasteiger partial charge in [0.05, 0.1) is 0 Å². The lowest BCUT2D eigenvalue weighted by atomic mass is 9.95. The summed E-state index contributed by atoms with van der Waals surface area (Å²) in [6, 6.07) is 18.0. The molecular formula is C19H22. The third-order valence-corrected chi connectivity index (χ3v) is 4.29. The first kappa shape index (κ1) is 12.5. The molecule has 0 heteroatoms. The van der Waals surface area contributed by atoms with Crippen LogP contribution in [0.4, 0.5) is 0 Å². The molecule has 3 rings (SSSR count). The van der Waals surface area contributed by atoms with Gasteiger partial charge in [0.15, 0.2) is 0 Å². The number of hydrogen-bond donors (Lipinski definition) is 0. The molecule has 0 unspecified atom stereocenters. The number of rotatable bonds is 0. The topological polar surface area (TPSA) is 0 Å². The van der Waals surface area contributed by atoms with E-state index in [1.54, 1.807) is 22.3 Å². The second-order valence-corrected chi connectivity index (χ2v) is 5.60. The van der Waals surface area contributed by atoms with Crippen LogP contribution in [-0.2, 0) is 25.7 Å². The highest BCUT2D eigenvalue weighted by Crippen LogP contribution is 2.20. The van der Waals surface area contributed by atoms with Crippen LogP contribution in [0, 0.1) is 0 Å². The highest BCUT2D eigenvalue weighted by Gasteiger charge is 2.07. The van der Waals surface area contributed by atoms with Crippen LogP contribution >= 0.6 is 0 Å². The lowest BCUT2D eigenvalue weighted by molar-refractivity contribution is 0.677. The maximum atomic E-state index is 2.32. The summed E-state index contributed by atoms with van der Waals surface area (Å²) in [6.45, 7) is 0. The van der Waals surface area contributed by atoms with Gasteiger partial charge in [-0.25, -0.2) is 0 Å². The van der Waals surface area contributed by atoms with E-state index in [1.165, 1.54) is 44.9 Å². The summed E-state index contributed by atoms with van der Waals surface area (Å²) in [5.74, 6) is 0.